The van der Waals surface area contributed by atoms with E-state index in [2.05, 4.69) is 72.2 Å². The van der Waals surface area contributed by atoms with E-state index < -0.39 is 23.5 Å². The van der Waals surface area contributed by atoms with Crippen LogP contribution in [0, 0.1) is 23.7 Å². The van der Waals surface area contributed by atoms with E-state index in [4.69, 9.17) is 0 Å². The van der Waals surface area contributed by atoms with Crippen molar-refractivity contribution in [3.8, 4) is 23.7 Å². The van der Waals surface area contributed by atoms with Gasteiger partial charge in [-0.05, 0) is 131 Å². The molecule has 50 heavy (non-hydrogen) atoms. The lowest BCUT2D eigenvalue weighted by molar-refractivity contribution is -0.138. The molecule has 4 aromatic heterocycles. The van der Waals surface area contributed by atoms with E-state index >= 15 is 0 Å². The summed E-state index contributed by atoms with van der Waals surface area (Å²) in [7, 11) is 0. The van der Waals surface area contributed by atoms with Crippen molar-refractivity contribution >= 4 is 97.8 Å². The molecule has 4 heterocycles. The van der Waals surface area contributed by atoms with Crippen LogP contribution >= 0.6 is 45.3 Å². The normalized spacial score (nSPS) is 12.2. The van der Waals surface area contributed by atoms with Crippen molar-refractivity contribution in [1.82, 2.24) is 0 Å². The Labute approximate surface area is 297 Å². The Hall–Kier alpha value is -4.84. The van der Waals surface area contributed by atoms with Crippen molar-refractivity contribution in [3.05, 3.63) is 139 Å². The van der Waals surface area contributed by atoms with Crippen molar-refractivity contribution in [2.75, 3.05) is 0 Å². The Morgan fingerprint density at radius 3 is 1.10 bits per heavy atom. The second-order valence-corrected chi connectivity index (χ2v) is 15.8. The summed E-state index contributed by atoms with van der Waals surface area (Å²) in [4.78, 5) is 3.97. The van der Waals surface area contributed by atoms with E-state index in [1.165, 1.54) is 24.3 Å². The van der Waals surface area contributed by atoms with Crippen LogP contribution in [0.4, 0.5) is 26.3 Å². The van der Waals surface area contributed by atoms with Crippen molar-refractivity contribution in [2.24, 2.45) is 0 Å². The van der Waals surface area contributed by atoms with Gasteiger partial charge in [-0.15, -0.1) is 45.3 Å². The highest BCUT2D eigenvalue weighted by Crippen LogP contribution is 2.37. The molecule has 8 rings (SSSR count). The summed E-state index contributed by atoms with van der Waals surface area (Å²) in [5, 5.41) is 4.43. The third-order valence-corrected chi connectivity index (χ3v) is 12.0. The lowest BCUT2D eigenvalue weighted by Crippen LogP contribution is -2.04. The van der Waals surface area contributed by atoms with E-state index in [1.807, 2.05) is 12.1 Å². The van der Waals surface area contributed by atoms with Crippen molar-refractivity contribution < 1.29 is 26.3 Å². The van der Waals surface area contributed by atoms with Gasteiger partial charge in [0, 0.05) is 39.7 Å². The molecule has 0 radical (unpaired) electrons. The zero-order valence-electron chi connectivity index (χ0n) is 25.3. The van der Waals surface area contributed by atoms with Gasteiger partial charge < -0.3 is 0 Å². The molecule has 0 N–H and O–H groups in total. The van der Waals surface area contributed by atoms with Gasteiger partial charge in [-0.3, -0.25) is 0 Å². The average Bonchev–Trinajstić information content (AvgIpc) is 3.86. The fourth-order valence-corrected chi connectivity index (χ4v) is 9.28. The van der Waals surface area contributed by atoms with Crippen LogP contribution in [0.2, 0.25) is 0 Å². The molecule has 0 saturated heterocycles. The summed E-state index contributed by atoms with van der Waals surface area (Å²) in [6.07, 6.45) is -4.48. The molecule has 0 saturated carbocycles. The fraction of sp³-hybridized carbons (Fsp3) is 0.0500. The van der Waals surface area contributed by atoms with Gasteiger partial charge in [-0.1, -0.05) is 23.7 Å². The van der Waals surface area contributed by atoms with Crippen LogP contribution in [-0.2, 0) is 12.4 Å². The van der Waals surface area contributed by atoms with Crippen LogP contribution in [0.5, 0.6) is 0 Å². The maximum absolute atomic E-state index is 12.8. The summed E-state index contributed by atoms with van der Waals surface area (Å²) in [6.45, 7) is 0. The Bertz CT molecular complexity index is 2430. The molecule has 0 aliphatic carbocycles. The Morgan fingerprint density at radius 1 is 0.400 bits per heavy atom. The van der Waals surface area contributed by atoms with Crippen LogP contribution in [0.3, 0.4) is 0 Å². The Kier molecular flexibility index (Phi) is 8.08. The first kappa shape index (κ1) is 32.4. The minimum absolute atomic E-state index is 0.531. The largest absolute Gasteiger partial charge is 0.416 e. The predicted molar refractivity (Wildman–Crippen MR) is 198 cm³/mol. The molecular weight excluding hydrogens is 723 g/mol. The fourth-order valence-electron chi connectivity index (χ4n) is 5.39. The van der Waals surface area contributed by atoms with E-state index in [0.29, 0.717) is 11.1 Å². The standard InChI is InChI=1S/C40H18F6S4/c41-39(42,43)29-7-1-23(2-8-29)5-11-31-15-25-19-37-27(21-35(25)47-31)17-33(49-37)13-14-34-18-28-22-36-26(20-38(28)50-34)16-32(48-36)12-6-24-3-9-30(10-4-24)40(44,45)46/h1-4,7-10,13-22H. The lowest BCUT2D eigenvalue weighted by Gasteiger charge is -2.05. The van der Waals surface area contributed by atoms with Gasteiger partial charge in [0.2, 0.25) is 0 Å². The highest BCUT2D eigenvalue weighted by atomic mass is 32.1. The SMILES string of the molecule is FC(F)(F)c1ccc(C#Cc2cc3cc4sc(C=Cc5cc6cc7sc(C#Cc8ccc(C(F)(F)F)cc8)cc7cc6s5)cc4cc3s2)cc1. The molecule has 0 aliphatic rings. The number of rotatable bonds is 2. The van der Waals surface area contributed by atoms with E-state index in [9.17, 15) is 26.3 Å². The first-order chi connectivity index (χ1) is 23.9. The number of thiophene rings is 4. The zero-order valence-corrected chi connectivity index (χ0v) is 28.6. The summed E-state index contributed by atoms with van der Waals surface area (Å²) < 4.78 is 81.5. The molecular formula is C40H18F6S4. The average molecular weight is 741 g/mol. The smallest absolute Gasteiger partial charge is 0.166 e. The van der Waals surface area contributed by atoms with Gasteiger partial charge in [0.25, 0.3) is 0 Å². The molecule has 0 fully saturated rings. The van der Waals surface area contributed by atoms with Crippen LogP contribution < -0.4 is 0 Å². The van der Waals surface area contributed by atoms with E-state index in [1.54, 1.807) is 45.3 Å². The van der Waals surface area contributed by atoms with Crippen molar-refractivity contribution in [3.63, 3.8) is 0 Å². The van der Waals surface area contributed by atoms with Gasteiger partial charge in [-0.25, -0.2) is 0 Å². The summed E-state index contributed by atoms with van der Waals surface area (Å²) >= 11 is 6.53. The van der Waals surface area contributed by atoms with Gasteiger partial charge in [0.05, 0.1) is 20.9 Å². The van der Waals surface area contributed by atoms with E-state index in [0.717, 1.165) is 84.1 Å². The lowest BCUT2D eigenvalue weighted by atomic mass is 10.1. The van der Waals surface area contributed by atoms with Gasteiger partial charge in [0.15, 0.2) is 0 Å². The summed E-state index contributed by atoms with van der Waals surface area (Å²) in [6, 6.07) is 26.7. The first-order valence-corrected chi connectivity index (χ1v) is 18.2. The number of alkyl halides is 6. The molecule has 4 aromatic carbocycles. The first-order valence-electron chi connectivity index (χ1n) is 14.9. The third-order valence-electron chi connectivity index (χ3n) is 7.85. The molecule has 0 aliphatic heterocycles. The molecule has 0 unspecified atom stereocenters. The van der Waals surface area contributed by atoms with Crippen LogP contribution in [0.25, 0.3) is 52.5 Å². The van der Waals surface area contributed by atoms with Crippen molar-refractivity contribution in [1.29, 1.82) is 0 Å². The highest BCUT2D eigenvalue weighted by molar-refractivity contribution is 7.22. The van der Waals surface area contributed by atoms with Crippen LogP contribution in [0.15, 0.2) is 97.1 Å². The van der Waals surface area contributed by atoms with Gasteiger partial charge in [0.1, 0.15) is 0 Å². The number of hydrogen-bond donors (Lipinski definition) is 0. The molecule has 244 valence electrons. The summed E-state index contributed by atoms with van der Waals surface area (Å²) in [5.74, 6) is 12.1. The molecule has 0 atom stereocenters. The minimum atomic E-state index is -4.37. The Balaban J connectivity index is 0.972. The van der Waals surface area contributed by atoms with Crippen LogP contribution in [0.1, 0.15) is 41.8 Å². The van der Waals surface area contributed by atoms with E-state index in [-0.39, 0.29) is 0 Å². The molecule has 0 bridgehead atoms. The monoisotopic (exact) mass is 740 g/mol. The molecule has 0 nitrogen and oxygen atoms in total. The molecule has 0 amide bonds. The van der Waals surface area contributed by atoms with Gasteiger partial charge >= 0.3 is 12.4 Å². The number of hydrogen-bond acceptors (Lipinski definition) is 4. The maximum Gasteiger partial charge on any atom is 0.416 e. The predicted octanol–water partition coefficient (Wildman–Crippen LogP) is 13.6. The highest BCUT2D eigenvalue weighted by Gasteiger charge is 2.30. The number of fused-ring (bicyclic) bond motifs is 4. The Morgan fingerprint density at radius 2 is 0.740 bits per heavy atom. The minimum Gasteiger partial charge on any atom is -0.166 e. The van der Waals surface area contributed by atoms with Gasteiger partial charge in [-0.2, -0.15) is 26.3 Å². The maximum atomic E-state index is 12.8. The third kappa shape index (κ3) is 6.81. The van der Waals surface area contributed by atoms with Crippen molar-refractivity contribution in [2.45, 2.75) is 12.4 Å². The summed E-state index contributed by atoms with van der Waals surface area (Å²) in [5.41, 5.74) is -0.317. The number of halogens is 6. The number of benzene rings is 4. The quantitative estimate of drug-likeness (QED) is 0.122. The molecule has 0 spiro atoms. The second-order valence-electron chi connectivity index (χ2n) is 11.4. The van der Waals surface area contributed by atoms with Crippen LogP contribution in [-0.4, -0.2) is 0 Å². The second kappa shape index (κ2) is 12.5. The molecule has 10 heteroatoms. The zero-order chi connectivity index (χ0) is 34.6. The molecule has 8 aromatic rings. The topological polar surface area (TPSA) is 0 Å².